The monoisotopic (exact) mass is 470 g/mol. The van der Waals surface area contributed by atoms with Gasteiger partial charge in [-0.1, -0.05) is 31.9 Å². The number of amides is 2. The van der Waals surface area contributed by atoms with Crippen molar-refractivity contribution >= 4 is 27.3 Å². The summed E-state index contributed by atoms with van der Waals surface area (Å²) in [5.41, 5.74) is 0.966. The average Bonchev–Trinajstić information content (AvgIpc) is 3.23. The van der Waals surface area contributed by atoms with Gasteiger partial charge >= 0.3 is 0 Å². The molecule has 2 aromatic carbocycles. The second kappa shape index (κ2) is 9.55. The fourth-order valence-corrected chi connectivity index (χ4v) is 5.97. The smallest absolute Gasteiger partial charge is 0.258 e. The second-order valence-electron chi connectivity index (χ2n) is 8.69. The van der Waals surface area contributed by atoms with E-state index < -0.39 is 15.9 Å². The molecular formula is C25H30N2O5S. The summed E-state index contributed by atoms with van der Waals surface area (Å²) in [7, 11) is -1.77. The summed E-state index contributed by atoms with van der Waals surface area (Å²) in [6.07, 6.45) is 4.67. The van der Waals surface area contributed by atoms with E-state index in [-0.39, 0.29) is 28.5 Å². The third-order valence-corrected chi connectivity index (χ3v) is 8.57. The number of para-hydroxylation sites is 1. The molecule has 3 unspecified atom stereocenters. The number of hydrogen-bond donors (Lipinski definition) is 1. The number of nitrogens with one attached hydrogen (secondary N) is 1. The van der Waals surface area contributed by atoms with Crippen LogP contribution in [0, 0.1) is 5.92 Å². The summed E-state index contributed by atoms with van der Waals surface area (Å²) in [5, 5.41) is 2.90. The number of nitrogens with zero attached hydrogens (tertiary/aromatic N) is 1. The first-order valence-corrected chi connectivity index (χ1v) is 13.1. The van der Waals surface area contributed by atoms with Crippen LogP contribution in [0.5, 0.6) is 5.75 Å². The average molecular weight is 471 g/mol. The van der Waals surface area contributed by atoms with Gasteiger partial charge in [0.2, 0.25) is 5.91 Å². The summed E-state index contributed by atoms with van der Waals surface area (Å²) >= 11 is 0. The van der Waals surface area contributed by atoms with Gasteiger partial charge in [0.1, 0.15) is 11.8 Å². The van der Waals surface area contributed by atoms with Gasteiger partial charge < -0.3 is 15.0 Å². The number of methoxy groups -OCH3 is 1. The molecule has 0 aromatic heterocycles. The van der Waals surface area contributed by atoms with Crippen molar-refractivity contribution in [1.29, 1.82) is 0 Å². The van der Waals surface area contributed by atoms with Gasteiger partial charge in [0, 0.05) is 11.7 Å². The lowest BCUT2D eigenvalue weighted by Gasteiger charge is -2.34. The number of carbonyl (C=O) groups excluding carboxylic acids is 2. The molecule has 1 saturated carbocycles. The molecule has 7 nitrogen and oxygen atoms in total. The Hall–Kier alpha value is -2.87. The van der Waals surface area contributed by atoms with E-state index in [1.54, 1.807) is 42.2 Å². The van der Waals surface area contributed by atoms with E-state index in [1.807, 2.05) is 6.07 Å². The number of benzene rings is 2. The van der Waals surface area contributed by atoms with Crippen LogP contribution in [-0.4, -0.2) is 50.1 Å². The van der Waals surface area contributed by atoms with Crippen molar-refractivity contribution in [3.05, 3.63) is 54.1 Å². The maximum Gasteiger partial charge on any atom is 0.258 e. The normalized spacial score (nSPS) is 22.5. The van der Waals surface area contributed by atoms with E-state index in [0.29, 0.717) is 29.3 Å². The maximum absolute atomic E-state index is 13.6. The van der Waals surface area contributed by atoms with Crippen LogP contribution in [0.2, 0.25) is 0 Å². The van der Waals surface area contributed by atoms with Crippen LogP contribution in [0.3, 0.4) is 0 Å². The largest absolute Gasteiger partial charge is 0.496 e. The zero-order valence-corrected chi connectivity index (χ0v) is 19.8. The first kappa shape index (κ1) is 23.3. The molecule has 0 spiro atoms. The van der Waals surface area contributed by atoms with Gasteiger partial charge in [0.05, 0.1) is 23.3 Å². The fourth-order valence-electron chi connectivity index (χ4n) is 5.08. The van der Waals surface area contributed by atoms with Crippen molar-refractivity contribution in [1.82, 2.24) is 4.90 Å². The van der Waals surface area contributed by atoms with E-state index in [2.05, 4.69) is 5.32 Å². The fraction of sp³-hybridized carbons (Fsp3) is 0.440. The highest BCUT2D eigenvalue weighted by molar-refractivity contribution is 7.91. The number of ether oxygens (including phenoxy) is 1. The highest BCUT2D eigenvalue weighted by atomic mass is 32.2. The Bertz CT molecular complexity index is 1130. The highest BCUT2D eigenvalue weighted by Crippen LogP contribution is 2.41. The Kier molecular flexibility index (Phi) is 6.74. The molecule has 1 saturated heterocycles. The Labute approximate surface area is 195 Å². The number of likely N-dealkylation sites (tertiary alicyclic amines) is 1. The maximum atomic E-state index is 13.6. The molecule has 2 amide bonds. The molecule has 1 aliphatic heterocycles. The number of rotatable bonds is 6. The number of hydrogen-bond acceptors (Lipinski definition) is 5. The van der Waals surface area contributed by atoms with Crippen molar-refractivity contribution in [2.24, 2.45) is 5.92 Å². The summed E-state index contributed by atoms with van der Waals surface area (Å²) < 4.78 is 29.5. The van der Waals surface area contributed by atoms with E-state index in [0.717, 1.165) is 25.7 Å². The molecular weight excluding hydrogens is 440 g/mol. The minimum absolute atomic E-state index is 0.0174. The Morgan fingerprint density at radius 1 is 1.06 bits per heavy atom. The second-order valence-corrected chi connectivity index (χ2v) is 11.0. The third-order valence-electron chi connectivity index (χ3n) is 6.82. The van der Waals surface area contributed by atoms with E-state index in [1.165, 1.54) is 19.2 Å². The quantitative estimate of drug-likeness (QED) is 0.691. The Balaban J connectivity index is 1.59. The van der Waals surface area contributed by atoms with Crippen LogP contribution in [0.15, 0.2) is 53.4 Å². The van der Waals surface area contributed by atoms with Gasteiger partial charge in [0.15, 0.2) is 9.84 Å². The molecule has 1 N–H and O–H groups in total. The van der Waals surface area contributed by atoms with Crippen molar-refractivity contribution in [3.8, 4) is 5.75 Å². The summed E-state index contributed by atoms with van der Waals surface area (Å²) in [6, 6.07) is 12.7. The molecule has 2 fully saturated rings. The number of anilines is 1. The predicted molar refractivity (Wildman–Crippen MR) is 126 cm³/mol. The molecule has 8 heteroatoms. The summed E-state index contributed by atoms with van der Waals surface area (Å²) in [5.74, 6) is 0.368. The van der Waals surface area contributed by atoms with E-state index in [9.17, 15) is 18.0 Å². The van der Waals surface area contributed by atoms with Crippen LogP contribution < -0.4 is 10.1 Å². The van der Waals surface area contributed by atoms with Crippen molar-refractivity contribution in [2.75, 3.05) is 18.2 Å². The molecule has 176 valence electrons. The lowest BCUT2D eigenvalue weighted by Crippen LogP contribution is -2.48. The molecule has 33 heavy (non-hydrogen) atoms. The van der Waals surface area contributed by atoms with Crippen LogP contribution >= 0.6 is 0 Å². The minimum Gasteiger partial charge on any atom is -0.496 e. The molecule has 2 aromatic rings. The Morgan fingerprint density at radius 3 is 2.45 bits per heavy atom. The molecule has 4 rings (SSSR count). The van der Waals surface area contributed by atoms with Crippen molar-refractivity contribution in [3.63, 3.8) is 0 Å². The highest BCUT2D eigenvalue weighted by Gasteiger charge is 2.48. The molecule has 1 aliphatic carbocycles. The first-order chi connectivity index (χ1) is 15.9. The molecule has 3 atom stereocenters. The first-order valence-electron chi connectivity index (χ1n) is 11.4. The minimum atomic E-state index is -3.31. The topological polar surface area (TPSA) is 92.8 Å². The molecule has 1 heterocycles. The Morgan fingerprint density at radius 2 is 1.76 bits per heavy atom. The third kappa shape index (κ3) is 4.62. The summed E-state index contributed by atoms with van der Waals surface area (Å²) in [4.78, 5) is 29.0. The van der Waals surface area contributed by atoms with Crippen LogP contribution in [0.1, 0.15) is 49.4 Å². The zero-order valence-electron chi connectivity index (χ0n) is 19.0. The van der Waals surface area contributed by atoms with Gasteiger partial charge in [-0.2, -0.15) is 0 Å². The van der Waals surface area contributed by atoms with Crippen molar-refractivity contribution in [2.45, 2.75) is 56.0 Å². The van der Waals surface area contributed by atoms with Crippen molar-refractivity contribution < 1.29 is 22.7 Å². The van der Waals surface area contributed by atoms with Crippen LogP contribution in [0.4, 0.5) is 5.69 Å². The van der Waals surface area contributed by atoms with Crippen LogP contribution in [0.25, 0.3) is 0 Å². The lowest BCUT2D eigenvalue weighted by molar-refractivity contribution is -0.120. The van der Waals surface area contributed by atoms with E-state index in [4.69, 9.17) is 4.74 Å². The number of sulfone groups is 1. The van der Waals surface area contributed by atoms with Gasteiger partial charge in [-0.25, -0.2) is 8.42 Å². The van der Waals surface area contributed by atoms with Gasteiger partial charge in [0.25, 0.3) is 5.91 Å². The predicted octanol–water partition coefficient (Wildman–Crippen LogP) is 3.90. The van der Waals surface area contributed by atoms with Gasteiger partial charge in [-0.3, -0.25) is 9.59 Å². The van der Waals surface area contributed by atoms with Gasteiger partial charge in [-0.15, -0.1) is 0 Å². The molecule has 0 bridgehead atoms. The number of fused-ring (bicyclic) bond motifs is 1. The lowest BCUT2D eigenvalue weighted by atomic mass is 9.84. The summed E-state index contributed by atoms with van der Waals surface area (Å²) in [6.45, 7) is 1.60. The SMILES string of the molecule is CCS(=O)(=O)c1ccc(NC(=O)C2CC3CCCCC3N2C(=O)c2ccccc2OC)cc1. The molecule has 2 aliphatic rings. The van der Waals surface area contributed by atoms with Gasteiger partial charge in [-0.05, 0) is 61.6 Å². The molecule has 0 radical (unpaired) electrons. The zero-order chi connectivity index (χ0) is 23.6. The van der Waals surface area contributed by atoms with E-state index >= 15 is 0 Å². The standard InChI is InChI=1S/C25H30N2O5S/c1-3-33(30,31)19-14-12-18(13-15-19)26-24(28)22-16-17-8-4-6-10-21(17)27(22)25(29)20-9-5-7-11-23(20)32-2/h5,7,9,11-15,17,21-22H,3-4,6,8,10,16H2,1-2H3,(H,26,28). The number of carbonyl (C=O) groups is 2. The van der Waals surface area contributed by atoms with Crippen LogP contribution in [-0.2, 0) is 14.6 Å².